The molecule has 1 aromatic heterocycles. The number of nitrogens with zero attached hydrogens (tertiary/aromatic N) is 1. The molecule has 110 valence electrons. The van der Waals surface area contributed by atoms with Crippen molar-refractivity contribution in [3.8, 4) is 0 Å². The number of aromatic amines is 1. The highest BCUT2D eigenvalue weighted by atomic mass is 16.2. The number of benzene rings is 1. The summed E-state index contributed by atoms with van der Waals surface area (Å²) >= 11 is 0. The van der Waals surface area contributed by atoms with Crippen LogP contribution in [0, 0.1) is 11.8 Å². The molecule has 21 heavy (non-hydrogen) atoms. The molecule has 1 aliphatic heterocycles. The van der Waals surface area contributed by atoms with Crippen molar-refractivity contribution in [1.82, 2.24) is 4.90 Å². The second-order valence-electron chi connectivity index (χ2n) is 6.12. The van der Waals surface area contributed by atoms with Crippen molar-refractivity contribution in [3.63, 3.8) is 0 Å². The molecule has 3 rings (SSSR count). The summed E-state index contributed by atoms with van der Waals surface area (Å²) in [5, 5.41) is 1.01. The van der Waals surface area contributed by atoms with Gasteiger partial charge in [0.2, 0.25) is 5.52 Å². The standard InChI is InChI=1S/C18H22N2O/c1-3-14-12-20(11-9-13(14)2)18(21)16-8-10-19-17-7-5-4-6-15(16)17/h4-8,10,13-14H,3,9,11-12H2,1-2H3/p+1. The Balaban J connectivity index is 1.90. The van der Waals surface area contributed by atoms with Gasteiger partial charge in [-0.25, -0.2) is 4.98 Å². The van der Waals surface area contributed by atoms with E-state index < -0.39 is 0 Å². The number of fused-ring (bicyclic) bond motifs is 1. The van der Waals surface area contributed by atoms with E-state index in [2.05, 4.69) is 18.8 Å². The molecule has 0 saturated carbocycles. The number of pyridine rings is 1. The maximum absolute atomic E-state index is 12.9. The highest BCUT2D eigenvalue weighted by molar-refractivity contribution is 6.05. The van der Waals surface area contributed by atoms with Crippen LogP contribution in [0.1, 0.15) is 37.0 Å². The van der Waals surface area contributed by atoms with Crippen molar-refractivity contribution in [2.75, 3.05) is 13.1 Å². The zero-order chi connectivity index (χ0) is 14.8. The van der Waals surface area contributed by atoms with Gasteiger partial charge < -0.3 is 4.90 Å². The lowest BCUT2D eigenvalue weighted by Crippen LogP contribution is -2.43. The largest absolute Gasteiger partial charge is 0.338 e. The van der Waals surface area contributed by atoms with E-state index in [0.29, 0.717) is 5.92 Å². The Kier molecular flexibility index (Phi) is 3.91. The molecule has 2 heterocycles. The molecule has 2 unspecified atom stereocenters. The van der Waals surface area contributed by atoms with Crippen LogP contribution in [0.25, 0.3) is 10.9 Å². The SMILES string of the molecule is CCC1CN(C(=O)c2cc[nH+]c3ccccc23)CCC1C. The highest BCUT2D eigenvalue weighted by Gasteiger charge is 2.29. The second kappa shape index (κ2) is 5.84. The van der Waals surface area contributed by atoms with Crippen molar-refractivity contribution in [2.45, 2.75) is 26.7 Å². The minimum Gasteiger partial charge on any atom is -0.338 e. The molecule has 1 aliphatic rings. The fraction of sp³-hybridized carbons (Fsp3) is 0.444. The van der Waals surface area contributed by atoms with Crippen molar-refractivity contribution in [2.24, 2.45) is 11.8 Å². The Morgan fingerprint density at radius 3 is 2.95 bits per heavy atom. The number of carbonyl (C=O) groups is 1. The average molecular weight is 283 g/mol. The van der Waals surface area contributed by atoms with E-state index in [4.69, 9.17) is 0 Å². The first-order valence-electron chi connectivity index (χ1n) is 7.89. The number of piperidine rings is 1. The monoisotopic (exact) mass is 283 g/mol. The molecule has 0 spiro atoms. The van der Waals surface area contributed by atoms with Crippen molar-refractivity contribution in [1.29, 1.82) is 0 Å². The molecule has 1 aromatic carbocycles. The van der Waals surface area contributed by atoms with Gasteiger partial charge in [0.05, 0.1) is 10.9 Å². The first kappa shape index (κ1) is 14.1. The van der Waals surface area contributed by atoms with Crippen molar-refractivity contribution >= 4 is 16.8 Å². The molecule has 0 aliphatic carbocycles. The van der Waals surface area contributed by atoms with Crippen LogP contribution >= 0.6 is 0 Å². The van der Waals surface area contributed by atoms with Gasteiger partial charge in [0.25, 0.3) is 5.91 Å². The van der Waals surface area contributed by atoms with Gasteiger partial charge in [0, 0.05) is 25.2 Å². The minimum absolute atomic E-state index is 0.172. The summed E-state index contributed by atoms with van der Waals surface area (Å²) < 4.78 is 0. The van der Waals surface area contributed by atoms with E-state index in [1.54, 1.807) is 0 Å². The van der Waals surface area contributed by atoms with E-state index >= 15 is 0 Å². The fourth-order valence-corrected chi connectivity index (χ4v) is 3.37. The lowest BCUT2D eigenvalue weighted by Gasteiger charge is -2.36. The normalized spacial score (nSPS) is 22.5. The van der Waals surface area contributed by atoms with Crippen LogP contribution in [0.15, 0.2) is 36.5 Å². The maximum Gasteiger partial charge on any atom is 0.254 e. The van der Waals surface area contributed by atoms with Gasteiger partial charge >= 0.3 is 0 Å². The molecule has 2 aromatic rings. The zero-order valence-corrected chi connectivity index (χ0v) is 12.8. The van der Waals surface area contributed by atoms with E-state index in [9.17, 15) is 4.79 Å². The van der Waals surface area contributed by atoms with Crippen LogP contribution in [0.3, 0.4) is 0 Å². The number of carbonyl (C=O) groups excluding carboxylic acids is 1. The van der Waals surface area contributed by atoms with Crippen LogP contribution in [-0.2, 0) is 0 Å². The Hall–Kier alpha value is -1.90. The molecular weight excluding hydrogens is 260 g/mol. The van der Waals surface area contributed by atoms with E-state index in [-0.39, 0.29) is 5.91 Å². The molecule has 0 bridgehead atoms. The first-order chi connectivity index (χ1) is 10.2. The number of para-hydroxylation sites is 1. The maximum atomic E-state index is 12.9. The summed E-state index contributed by atoms with van der Waals surface area (Å²) in [6, 6.07) is 9.91. The molecular formula is C18H23N2O+. The van der Waals surface area contributed by atoms with Gasteiger partial charge in [-0.1, -0.05) is 32.4 Å². The summed E-state index contributed by atoms with van der Waals surface area (Å²) in [7, 11) is 0. The fourth-order valence-electron chi connectivity index (χ4n) is 3.37. The number of likely N-dealkylation sites (tertiary alicyclic amines) is 1. The molecule has 1 amide bonds. The molecule has 1 fully saturated rings. The Bertz CT molecular complexity index is 647. The third-order valence-corrected chi connectivity index (χ3v) is 4.86. The summed E-state index contributed by atoms with van der Waals surface area (Å²) in [6.07, 6.45) is 4.12. The van der Waals surface area contributed by atoms with Gasteiger partial charge in [0.1, 0.15) is 0 Å². The van der Waals surface area contributed by atoms with E-state index in [1.807, 2.05) is 41.4 Å². The molecule has 0 radical (unpaired) electrons. The van der Waals surface area contributed by atoms with Gasteiger partial charge in [0.15, 0.2) is 6.20 Å². The lowest BCUT2D eigenvalue weighted by atomic mass is 9.85. The number of amides is 1. The van der Waals surface area contributed by atoms with Crippen LogP contribution < -0.4 is 4.98 Å². The Morgan fingerprint density at radius 1 is 1.33 bits per heavy atom. The quantitative estimate of drug-likeness (QED) is 0.833. The number of hydrogen-bond acceptors (Lipinski definition) is 1. The van der Waals surface area contributed by atoms with Gasteiger partial charge in [-0.3, -0.25) is 4.79 Å². The number of aromatic nitrogens is 1. The molecule has 1 saturated heterocycles. The van der Waals surface area contributed by atoms with Crippen LogP contribution in [0.2, 0.25) is 0 Å². The summed E-state index contributed by atoms with van der Waals surface area (Å²) in [4.78, 5) is 18.1. The van der Waals surface area contributed by atoms with Crippen molar-refractivity contribution in [3.05, 3.63) is 42.1 Å². The predicted molar refractivity (Wildman–Crippen MR) is 84.0 cm³/mol. The minimum atomic E-state index is 0.172. The third kappa shape index (κ3) is 2.65. The van der Waals surface area contributed by atoms with Gasteiger partial charge in [-0.15, -0.1) is 0 Å². The Labute approximate surface area is 126 Å². The van der Waals surface area contributed by atoms with E-state index in [1.165, 1.54) is 0 Å². The smallest absolute Gasteiger partial charge is 0.254 e. The van der Waals surface area contributed by atoms with Crippen LogP contribution in [0.5, 0.6) is 0 Å². The number of nitrogens with one attached hydrogen (secondary N) is 1. The summed E-state index contributed by atoms with van der Waals surface area (Å²) in [5.41, 5.74) is 1.83. The average Bonchev–Trinajstić information content (AvgIpc) is 2.54. The summed E-state index contributed by atoms with van der Waals surface area (Å²) in [6.45, 7) is 6.30. The number of rotatable bonds is 2. The number of hydrogen-bond donors (Lipinski definition) is 0. The first-order valence-corrected chi connectivity index (χ1v) is 7.89. The topological polar surface area (TPSA) is 34.5 Å². The van der Waals surface area contributed by atoms with Gasteiger partial charge in [-0.05, 0) is 24.3 Å². The molecule has 1 N–H and O–H groups in total. The van der Waals surface area contributed by atoms with E-state index in [0.717, 1.165) is 48.3 Å². The van der Waals surface area contributed by atoms with Gasteiger partial charge in [-0.2, -0.15) is 0 Å². The molecule has 2 atom stereocenters. The number of H-pyrrole nitrogens is 1. The predicted octanol–water partition coefficient (Wildman–Crippen LogP) is 3.16. The van der Waals surface area contributed by atoms with Crippen LogP contribution in [0.4, 0.5) is 0 Å². The van der Waals surface area contributed by atoms with Crippen LogP contribution in [-0.4, -0.2) is 23.9 Å². The van der Waals surface area contributed by atoms with Crippen molar-refractivity contribution < 1.29 is 9.78 Å². The molecule has 3 heteroatoms. The third-order valence-electron chi connectivity index (χ3n) is 4.86. The molecule has 3 nitrogen and oxygen atoms in total. The Morgan fingerprint density at radius 2 is 2.14 bits per heavy atom. The summed E-state index contributed by atoms with van der Waals surface area (Å²) in [5.74, 6) is 1.52. The zero-order valence-electron chi connectivity index (χ0n) is 12.8. The highest BCUT2D eigenvalue weighted by Crippen LogP contribution is 2.27. The second-order valence-corrected chi connectivity index (χ2v) is 6.12. The lowest BCUT2D eigenvalue weighted by molar-refractivity contribution is -0.344.